The smallest absolute Gasteiger partial charge is 0.200 e. The lowest BCUT2D eigenvalue weighted by atomic mass is 9.91. The number of fused-ring (bicyclic) bond motifs is 4. The summed E-state index contributed by atoms with van der Waals surface area (Å²) in [6.45, 7) is 2.03. The predicted molar refractivity (Wildman–Crippen MR) is 104 cm³/mol. The van der Waals surface area contributed by atoms with Gasteiger partial charge in [0, 0.05) is 42.9 Å². The number of likely N-dealkylation sites (tertiary alicyclic amines) is 1. The molecule has 1 spiro atoms. The monoisotopic (exact) mass is 367 g/mol. The molecule has 5 heteroatoms. The standard InChI is InChI=1S/C21H22ClN3O/c1-24-11-9-21(10-12-24)25-19(17-13-16(22)7-8-20(17)26-21)14-18(23-25)15-5-3-2-4-6-15/h2-8,13,19H,9-12,14H2,1H3/t19-/m1/s1. The topological polar surface area (TPSA) is 28.1 Å². The molecule has 1 saturated heterocycles. The number of benzene rings is 2. The van der Waals surface area contributed by atoms with Gasteiger partial charge in [0.05, 0.1) is 11.8 Å². The summed E-state index contributed by atoms with van der Waals surface area (Å²) < 4.78 is 6.60. The molecular weight excluding hydrogens is 346 g/mol. The fourth-order valence-corrected chi connectivity index (χ4v) is 4.54. The number of nitrogens with zero attached hydrogens (tertiary/aromatic N) is 3. The van der Waals surface area contributed by atoms with Crippen LogP contribution in [0.25, 0.3) is 0 Å². The molecule has 26 heavy (non-hydrogen) atoms. The van der Waals surface area contributed by atoms with E-state index in [0.717, 1.165) is 54.4 Å². The Morgan fingerprint density at radius 1 is 1.12 bits per heavy atom. The Hall–Kier alpha value is -2.04. The van der Waals surface area contributed by atoms with Crippen LogP contribution in [0, 0.1) is 0 Å². The molecule has 0 saturated carbocycles. The maximum Gasteiger partial charge on any atom is 0.200 e. The molecule has 0 aromatic heterocycles. The van der Waals surface area contributed by atoms with Crippen LogP contribution in [0.4, 0.5) is 0 Å². The molecule has 0 aliphatic carbocycles. The first-order chi connectivity index (χ1) is 12.6. The van der Waals surface area contributed by atoms with Gasteiger partial charge in [0.2, 0.25) is 5.72 Å². The maximum absolute atomic E-state index is 6.60. The minimum atomic E-state index is -0.353. The lowest BCUT2D eigenvalue weighted by molar-refractivity contribution is -0.147. The molecular formula is C21H22ClN3O. The summed E-state index contributed by atoms with van der Waals surface area (Å²) in [6, 6.07) is 16.6. The van der Waals surface area contributed by atoms with E-state index in [1.54, 1.807) is 0 Å². The quantitative estimate of drug-likeness (QED) is 0.752. The van der Waals surface area contributed by atoms with Crippen molar-refractivity contribution in [2.45, 2.75) is 31.0 Å². The third kappa shape index (κ3) is 2.51. The van der Waals surface area contributed by atoms with Crippen molar-refractivity contribution in [3.63, 3.8) is 0 Å². The van der Waals surface area contributed by atoms with Crippen LogP contribution >= 0.6 is 11.6 Å². The number of ether oxygens (including phenoxy) is 1. The molecule has 1 fully saturated rings. The largest absolute Gasteiger partial charge is 0.466 e. The molecule has 4 nitrogen and oxygen atoms in total. The molecule has 0 bridgehead atoms. The van der Waals surface area contributed by atoms with Crippen LogP contribution in [-0.4, -0.2) is 41.5 Å². The molecule has 1 atom stereocenters. The molecule has 3 aliphatic rings. The van der Waals surface area contributed by atoms with Crippen molar-refractivity contribution in [1.29, 1.82) is 0 Å². The van der Waals surface area contributed by atoms with Crippen molar-refractivity contribution >= 4 is 17.3 Å². The summed E-state index contributed by atoms with van der Waals surface area (Å²) in [4.78, 5) is 2.36. The molecule has 0 N–H and O–H groups in total. The van der Waals surface area contributed by atoms with Gasteiger partial charge < -0.3 is 9.64 Å². The van der Waals surface area contributed by atoms with E-state index in [4.69, 9.17) is 21.4 Å². The summed E-state index contributed by atoms with van der Waals surface area (Å²) in [7, 11) is 2.17. The summed E-state index contributed by atoms with van der Waals surface area (Å²) >= 11 is 6.30. The van der Waals surface area contributed by atoms with Gasteiger partial charge in [-0.15, -0.1) is 0 Å². The minimum Gasteiger partial charge on any atom is -0.466 e. The van der Waals surface area contributed by atoms with Gasteiger partial charge in [-0.2, -0.15) is 5.10 Å². The van der Waals surface area contributed by atoms with E-state index in [1.807, 2.05) is 24.3 Å². The van der Waals surface area contributed by atoms with Crippen molar-refractivity contribution in [3.05, 3.63) is 64.7 Å². The first-order valence-electron chi connectivity index (χ1n) is 9.24. The average molecular weight is 368 g/mol. The van der Waals surface area contributed by atoms with Gasteiger partial charge in [-0.05, 0) is 30.8 Å². The van der Waals surface area contributed by atoms with E-state index in [0.29, 0.717) is 0 Å². The molecule has 3 aliphatic heterocycles. The Kier molecular flexibility index (Phi) is 3.73. The van der Waals surface area contributed by atoms with E-state index in [9.17, 15) is 0 Å². The van der Waals surface area contributed by atoms with Gasteiger partial charge in [0.1, 0.15) is 5.75 Å². The lowest BCUT2D eigenvalue weighted by Crippen LogP contribution is -2.58. The second kappa shape index (κ2) is 6.00. The van der Waals surface area contributed by atoms with Crippen LogP contribution < -0.4 is 4.74 Å². The minimum absolute atomic E-state index is 0.191. The van der Waals surface area contributed by atoms with E-state index in [1.165, 1.54) is 5.56 Å². The summed E-state index contributed by atoms with van der Waals surface area (Å²) in [5.41, 5.74) is 3.12. The second-order valence-electron chi connectivity index (χ2n) is 7.51. The van der Waals surface area contributed by atoms with Crippen molar-refractivity contribution < 1.29 is 4.74 Å². The zero-order chi connectivity index (χ0) is 17.7. The fourth-order valence-electron chi connectivity index (χ4n) is 4.36. The normalized spacial score (nSPS) is 24.0. The third-order valence-electron chi connectivity index (χ3n) is 5.83. The summed E-state index contributed by atoms with van der Waals surface area (Å²) in [5.74, 6) is 0.963. The highest BCUT2D eigenvalue weighted by Crippen LogP contribution is 2.50. The van der Waals surface area contributed by atoms with Gasteiger partial charge in [-0.25, -0.2) is 5.01 Å². The zero-order valence-electron chi connectivity index (χ0n) is 14.9. The van der Waals surface area contributed by atoms with Crippen molar-refractivity contribution in [2.75, 3.05) is 20.1 Å². The molecule has 0 amide bonds. The van der Waals surface area contributed by atoms with Gasteiger partial charge in [0.25, 0.3) is 0 Å². The molecule has 134 valence electrons. The number of hydrazone groups is 1. The fraction of sp³-hybridized carbons (Fsp3) is 0.381. The van der Waals surface area contributed by atoms with Gasteiger partial charge in [-0.3, -0.25) is 0 Å². The van der Waals surface area contributed by atoms with Crippen molar-refractivity contribution in [3.8, 4) is 5.75 Å². The highest BCUT2D eigenvalue weighted by atomic mass is 35.5. The van der Waals surface area contributed by atoms with Crippen LogP contribution in [0.15, 0.2) is 53.6 Å². The first kappa shape index (κ1) is 16.2. The molecule has 2 aromatic carbocycles. The Balaban J connectivity index is 1.60. The molecule has 2 aromatic rings. The average Bonchev–Trinajstić information content (AvgIpc) is 3.12. The number of piperidine rings is 1. The summed E-state index contributed by atoms with van der Waals surface area (Å²) in [6.07, 6.45) is 2.79. The van der Waals surface area contributed by atoms with Crippen LogP contribution in [0.5, 0.6) is 5.75 Å². The van der Waals surface area contributed by atoms with Crippen LogP contribution in [0.3, 0.4) is 0 Å². The molecule has 0 radical (unpaired) electrons. The second-order valence-corrected chi connectivity index (χ2v) is 7.95. The molecule has 0 unspecified atom stereocenters. The third-order valence-corrected chi connectivity index (χ3v) is 6.07. The van der Waals surface area contributed by atoms with Crippen molar-refractivity contribution in [1.82, 2.24) is 9.91 Å². The van der Waals surface area contributed by atoms with E-state index in [-0.39, 0.29) is 11.8 Å². The maximum atomic E-state index is 6.60. The first-order valence-corrected chi connectivity index (χ1v) is 9.62. The number of hydrogen-bond donors (Lipinski definition) is 0. The van der Waals surface area contributed by atoms with E-state index < -0.39 is 0 Å². The lowest BCUT2D eigenvalue weighted by Gasteiger charge is -2.50. The Bertz CT molecular complexity index is 859. The Labute approximate surface area is 159 Å². The zero-order valence-corrected chi connectivity index (χ0v) is 15.6. The van der Waals surface area contributed by atoms with Crippen molar-refractivity contribution in [2.24, 2.45) is 5.10 Å². The molecule has 5 rings (SSSR count). The van der Waals surface area contributed by atoms with E-state index >= 15 is 0 Å². The molecule has 3 heterocycles. The van der Waals surface area contributed by atoms with Gasteiger partial charge in [-0.1, -0.05) is 41.9 Å². The highest BCUT2D eigenvalue weighted by molar-refractivity contribution is 6.30. The van der Waals surface area contributed by atoms with Crippen LogP contribution in [0.1, 0.15) is 36.4 Å². The number of hydrogen-bond acceptors (Lipinski definition) is 4. The van der Waals surface area contributed by atoms with Crippen LogP contribution in [-0.2, 0) is 0 Å². The number of rotatable bonds is 1. The van der Waals surface area contributed by atoms with Crippen LogP contribution in [0.2, 0.25) is 5.02 Å². The predicted octanol–water partition coefficient (Wildman–Crippen LogP) is 4.31. The Morgan fingerprint density at radius 2 is 1.88 bits per heavy atom. The Morgan fingerprint density at radius 3 is 2.65 bits per heavy atom. The van der Waals surface area contributed by atoms with Gasteiger partial charge in [0.15, 0.2) is 0 Å². The number of halogens is 1. The SMILES string of the molecule is CN1CCC2(CC1)Oc1ccc(Cl)cc1[C@H]1CC(c3ccccc3)=NN12. The van der Waals surface area contributed by atoms with Gasteiger partial charge >= 0.3 is 0 Å². The summed E-state index contributed by atoms with van der Waals surface area (Å²) in [5, 5.41) is 8.06. The highest BCUT2D eigenvalue weighted by Gasteiger charge is 2.51. The van der Waals surface area contributed by atoms with E-state index in [2.05, 4.69) is 41.2 Å².